The molecule has 3 N–H and O–H groups in total. The van der Waals surface area contributed by atoms with Gasteiger partial charge in [0.2, 0.25) is 70.9 Å². The van der Waals surface area contributed by atoms with Crippen molar-refractivity contribution in [3.63, 3.8) is 0 Å². The van der Waals surface area contributed by atoms with Crippen LogP contribution in [0.4, 0.5) is 35.1 Å². The summed E-state index contributed by atoms with van der Waals surface area (Å²) in [5.41, 5.74) is -1.12. The Morgan fingerprint density at radius 3 is 1.83 bits per heavy atom. The lowest BCUT2D eigenvalue weighted by Gasteiger charge is -2.47. The number of nitrogens with zero attached hydrogens (tertiary/aromatic N) is 9. The number of carbonyl (C=O) groups is 12. The summed E-state index contributed by atoms with van der Waals surface area (Å²) in [4.78, 5) is 192. The largest absolute Gasteiger partial charge is 0.397 e. The number of nitrogens with one attached hydrogen (secondary N) is 3. The van der Waals surface area contributed by atoms with E-state index in [0.717, 1.165) is 29.4 Å². The van der Waals surface area contributed by atoms with E-state index in [9.17, 15) is 55.1 Å². The van der Waals surface area contributed by atoms with Crippen LogP contribution < -0.4 is 16.0 Å². The minimum absolute atomic E-state index is 0.00740. The first kappa shape index (κ1) is 87.3. The number of fused-ring (bicyclic) bond motifs is 3. The van der Waals surface area contributed by atoms with Crippen LogP contribution in [-0.2, 0) is 67.0 Å². The number of hydrogen-bond acceptors (Lipinski definition) is 14. The molecule has 4 aliphatic heterocycles. The molecule has 0 aromatic rings. The van der Waals surface area contributed by atoms with E-state index in [1.54, 1.807) is 40.7 Å². The molecule has 614 valence electrons. The molecule has 2 unspecified atom stereocenters. The van der Waals surface area contributed by atoms with Crippen LogP contribution in [-0.4, -0.2) is 301 Å². The molecular weight excluding hydrogens is 1440 g/mol. The average molecular weight is 1560 g/mol. The maximum Gasteiger partial charge on any atom is 0.397 e. The van der Waals surface area contributed by atoms with Gasteiger partial charge in [0.15, 0.2) is 0 Å². The van der Waals surface area contributed by atoms with Gasteiger partial charge in [0.1, 0.15) is 72.1 Å². The Hall–Kier alpha value is -7.26. The number of ether oxygens (including phenoxy) is 2. The molecule has 4 saturated carbocycles. The van der Waals surface area contributed by atoms with Gasteiger partial charge in [0.25, 0.3) is 0 Å². The van der Waals surface area contributed by atoms with E-state index >= 15 is 37.5 Å². The monoisotopic (exact) mass is 1560 g/mol. The summed E-state index contributed by atoms with van der Waals surface area (Å²) in [6, 6.07) is -11.4. The maximum absolute atomic E-state index is 15.7. The van der Waals surface area contributed by atoms with Crippen LogP contribution in [0.3, 0.4) is 0 Å². The van der Waals surface area contributed by atoms with E-state index in [1.165, 1.54) is 57.0 Å². The number of morpholine rings is 1. The molecular formula is C75H114F8N12O14. The number of halogens is 8. The zero-order valence-corrected chi connectivity index (χ0v) is 64.9. The molecule has 8 aliphatic rings. The van der Waals surface area contributed by atoms with Crippen molar-refractivity contribution in [2.24, 2.45) is 35.5 Å². The third-order valence-corrected chi connectivity index (χ3v) is 24.6. The Morgan fingerprint density at radius 2 is 1.27 bits per heavy atom. The summed E-state index contributed by atoms with van der Waals surface area (Å²) >= 11 is 0. The highest BCUT2D eigenvalue weighted by Gasteiger charge is 2.56. The number of amides is 12. The maximum atomic E-state index is 15.7. The third-order valence-electron chi connectivity index (χ3n) is 24.6. The van der Waals surface area contributed by atoms with Crippen LogP contribution in [0.2, 0.25) is 0 Å². The summed E-state index contributed by atoms with van der Waals surface area (Å²) in [5.74, 6) is -16.8. The fraction of sp³-hybridized carbons (Fsp3) is 0.813. The zero-order chi connectivity index (χ0) is 80.5. The molecule has 2 bridgehead atoms. The van der Waals surface area contributed by atoms with Crippen LogP contribution >= 0.6 is 0 Å². The first-order chi connectivity index (χ1) is 51.3. The SMILES string of the molecule is CCO[C@@H]1C[C@H]2C(=O)NC3(CCC3)C(=O)N(C)[C@@H](C3CCCC3)C(=O)N(C)[C@H](C(=O)N3CCOCC3)CC(=O)N(C)[C@@H](CC)C(=O)N[C@@H]([C@@H](C)CC)C(=O)N(C)CC(=O)N(C)[C@H]3CC(C)=CCN(C3=O)[C@@H](CC3CCC(C(F)(F)F)CC3)C(=O)N(C)CC(=O)N[C@@H](CCC3CC(F)C(C(F)(F)F)C(F)C3)C(=O)N2C1. The Morgan fingerprint density at radius 1 is 0.642 bits per heavy atom. The number of rotatable bonds is 12. The van der Waals surface area contributed by atoms with Crippen LogP contribution in [0.1, 0.15) is 169 Å². The van der Waals surface area contributed by atoms with Gasteiger partial charge in [-0.25, -0.2) is 8.78 Å². The molecule has 8 rings (SSSR count). The van der Waals surface area contributed by atoms with E-state index in [2.05, 4.69) is 16.0 Å². The van der Waals surface area contributed by atoms with Gasteiger partial charge in [-0.1, -0.05) is 51.7 Å². The minimum atomic E-state index is -5.22. The van der Waals surface area contributed by atoms with E-state index in [4.69, 9.17) is 9.47 Å². The summed E-state index contributed by atoms with van der Waals surface area (Å²) in [6.45, 7) is 6.94. The fourth-order valence-corrected chi connectivity index (χ4v) is 17.5. The number of alkyl halides is 8. The predicted octanol–water partition coefficient (Wildman–Crippen LogP) is 5.49. The minimum Gasteiger partial charge on any atom is -0.378 e. The smallest absolute Gasteiger partial charge is 0.378 e. The predicted molar refractivity (Wildman–Crippen MR) is 381 cm³/mol. The van der Waals surface area contributed by atoms with Crippen molar-refractivity contribution in [1.82, 2.24) is 60.0 Å². The number of hydrogen-bond donors (Lipinski definition) is 3. The molecule has 0 aromatic carbocycles. The Labute approximate surface area is 633 Å². The van der Waals surface area contributed by atoms with Crippen molar-refractivity contribution in [1.29, 1.82) is 0 Å². The Kier molecular flexibility index (Phi) is 29.9. The normalized spacial score (nSPS) is 32.3. The molecule has 4 aliphatic carbocycles. The third kappa shape index (κ3) is 20.7. The van der Waals surface area contributed by atoms with Gasteiger partial charge in [-0.05, 0) is 140 Å². The van der Waals surface area contributed by atoms with Crippen LogP contribution in [0.5, 0.6) is 0 Å². The molecule has 0 radical (unpaired) electrons. The van der Waals surface area contributed by atoms with Crippen molar-refractivity contribution in [2.45, 2.75) is 254 Å². The molecule has 3 saturated heterocycles. The molecule has 7 fully saturated rings. The highest BCUT2D eigenvalue weighted by atomic mass is 19.4. The lowest BCUT2D eigenvalue weighted by atomic mass is 9.74. The average Bonchev–Trinajstić information content (AvgIpc) is 1.74. The van der Waals surface area contributed by atoms with Crippen molar-refractivity contribution in [2.75, 3.05) is 101 Å². The summed E-state index contributed by atoms with van der Waals surface area (Å²) in [6.07, 6.45) is -15.2. The van der Waals surface area contributed by atoms with Crippen LogP contribution in [0.25, 0.3) is 0 Å². The molecule has 26 nitrogen and oxygen atoms in total. The van der Waals surface area contributed by atoms with Crippen molar-refractivity contribution in [3.8, 4) is 0 Å². The second-order valence-corrected chi connectivity index (χ2v) is 31.9. The van der Waals surface area contributed by atoms with Crippen molar-refractivity contribution >= 4 is 70.9 Å². The van der Waals surface area contributed by atoms with E-state index < -0.39 is 230 Å². The van der Waals surface area contributed by atoms with Gasteiger partial charge in [-0.15, -0.1) is 0 Å². The van der Waals surface area contributed by atoms with E-state index in [1.807, 2.05) is 0 Å². The van der Waals surface area contributed by atoms with Crippen LogP contribution in [0.15, 0.2) is 11.6 Å². The summed E-state index contributed by atoms with van der Waals surface area (Å²) < 4.78 is 127. The fourth-order valence-electron chi connectivity index (χ4n) is 17.5. The van der Waals surface area contributed by atoms with Gasteiger partial charge in [0.05, 0.1) is 44.7 Å². The Bertz CT molecular complexity index is 3300. The Balaban J connectivity index is 1.20. The van der Waals surface area contributed by atoms with Gasteiger partial charge in [0, 0.05) is 81.5 Å². The molecule has 12 amide bonds. The molecule has 12 atom stereocenters. The first-order valence-corrected chi connectivity index (χ1v) is 38.9. The quantitative estimate of drug-likeness (QED) is 0.161. The highest BCUT2D eigenvalue weighted by molar-refractivity contribution is 6.01. The topological polar surface area (TPSA) is 289 Å². The van der Waals surface area contributed by atoms with Gasteiger partial charge < -0.3 is 69.5 Å². The lowest BCUT2D eigenvalue weighted by molar-refractivity contribution is -0.219. The van der Waals surface area contributed by atoms with Crippen LogP contribution in [0, 0.1) is 35.5 Å². The zero-order valence-electron chi connectivity index (χ0n) is 64.9. The number of likely N-dealkylation sites (N-methyl/N-ethyl adjacent to an activating group) is 6. The standard InChI is InChI=1S/C75H114F8N12O14/c1-12-44(5)62-70(105)88(7)42-60(98)90(9)55-34-43(4)26-29-94(69(55)104)57(37-45-20-23-48(24-21-45)74(78,79)80)67(102)87(6)41-58(96)84-52(25-22-46-35-50(76)61(51(77)36-46)75(81,82)83)66(101)95-40-49(109-14-3)38-54(95)65(100)86-73(27-17-28-73)72(107)92(11)63(47-18-15-16-19-47)71(106)91(10)56(68(103)93-30-32-108-33-31-93)39-59(97)89(8)53(13-2)64(99)85-62/h26,44-57,61-63H,12-25,27-42H2,1-11H3,(H,84,96)(H,85,99)(H,86,100)/t44-,45?,46?,48?,49+,50?,51?,52-,53-,54-,55-,56-,57-,61?,62-,63-/m0/s1. The molecule has 34 heteroatoms. The number of carbonyl (C=O) groups excluding carboxylic acids is 12. The van der Waals surface area contributed by atoms with Gasteiger partial charge in [-0.2, -0.15) is 26.3 Å². The molecule has 4 heterocycles. The lowest BCUT2D eigenvalue weighted by Crippen LogP contribution is -2.68. The van der Waals surface area contributed by atoms with E-state index in [0.29, 0.717) is 44.1 Å². The highest BCUT2D eigenvalue weighted by Crippen LogP contribution is 2.46. The molecule has 1 spiro atoms. The van der Waals surface area contributed by atoms with E-state index in [-0.39, 0.29) is 117 Å². The second kappa shape index (κ2) is 37.4. The summed E-state index contributed by atoms with van der Waals surface area (Å²) in [7, 11) is 7.99. The second-order valence-electron chi connectivity index (χ2n) is 31.9. The summed E-state index contributed by atoms with van der Waals surface area (Å²) in [5, 5.41) is 8.38. The van der Waals surface area contributed by atoms with Crippen molar-refractivity contribution < 1.29 is 102 Å². The van der Waals surface area contributed by atoms with Gasteiger partial charge in [-0.3, -0.25) is 57.5 Å². The molecule has 0 aromatic heterocycles. The first-order valence-electron chi connectivity index (χ1n) is 38.9. The van der Waals surface area contributed by atoms with Gasteiger partial charge >= 0.3 is 12.4 Å². The molecule has 109 heavy (non-hydrogen) atoms. The van der Waals surface area contributed by atoms with Crippen molar-refractivity contribution in [3.05, 3.63) is 11.6 Å².